The maximum absolute atomic E-state index is 13.0. The van der Waals surface area contributed by atoms with E-state index in [0.29, 0.717) is 39.5 Å². The Bertz CT molecular complexity index is 1000. The molecule has 1 aromatic carbocycles. The molecule has 0 aliphatic rings. The molecule has 0 saturated carbocycles. The van der Waals surface area contributed by atoms with Crippen LogP contribution in [0, 0.1) is 6.92 Å². The number of pyridine rings is 1. The third kappa shape index (κ3) is 3.45. The quantitative estimate of drug-likeness (QED) is 0.699. The summed E-state index contributed by atoms with van der Waals surface area (Å²) in [6.45, 7) is 5.89. The zero-order valence-electron chi connectivity index (χ0n) is 16.9. The Morgan fingerprint density at radius 3 is 2.25 bits per heavy atom. The van der Waals surface area contributed by atoms with Gasteiger partial charge in [0.2, 0.25) is 5.75 Å². The van der Waals surface area contributed by atoms with E-state index in [0.717, 1.165) is 5.69 Å². The van der Waals surface area contributed by atoms with E-state index in [4.69, 9.17) is 14.2 Å². The van der Waals surface area contributed by atoms with Crippen molar-refractivity contribution in [1.29, 1.82) is 0 Å². The fraction of sp³-hybridized carbons (Fsp3) is 0.350. The number of hydrogen-bond donors (Lipinski definition) is 1. The minimum Gasteiger partial charge on any atom is -0.493 e. The van der Waals surface area contributed by atoms with Crippen LogP contribution in [0.3, 0.4) is 0 Å². The van der Waals surface area contributed by atoms with E-state index in [1.165, 1.54) is 21.3 Å². The molecule has 0 unspecified atom stereocenters. The van der Waals surface area contributed by atoms with Gasteiger partial charge in [0.05, 0.1) is 38.5 Å². The first-order chi connectivity index (χ1) is 13.4. The maximum Gasteiger partial charge on any atom is 0.256 e. The topological polar surface area (TPSA) is 87.5 Å². The van der Waals surface area contributed by atoms with Crippen molar-refractivity contribution >= 4 is 22.6 Å². The fourth-order valence-corrected chi connectivity index (χ4v) is 3.06. The molecule has 0 aliphatic heterocycles. The number of amides is 1. The molecule has 0 bridgehead atoms. The van der Waals surface area contributed by atoms with Crippen molar-refractivity contribution in [3.63, 3.8) is 0 Å². The molecule has 0 aliphatic carbocycles. The maximum atomic E-state index is 13.0. The third-order valence-electron chi connectivity index (χ3n) is 4.35. The second-order valence-corrected chi connectivity index (χ2v) is 6.60. The standard InChI is InChI=1S/C20H24N4O4/c1-11(2)24-19-15(10-21-24)14(7-12(3)22-19)20(25)23-13-8-16(26-4)18(28-6)17(9-13)27-5/h7-11H,1-6H3,(H,23,25). The number of benzene rings is 1. The van der Waals surface area contributed by atoms with Gasteiger partial charge < -0.3 is 19.5 Å². The van der Waals surface area contributed by atoms with Crippen molar-refractivity contribution in [3.05, 3.63) is 35.7 Å². The third-order valence-corrected chi connectivity index (χ3v) is 4.35. The van der Waals surface area contributed by atoms with Gasteiger partial charge in [-0.2, -0.15) is 5.10 Å². The molecule has 1 N–H and O–H groups in total. The predicted molar refractivity (Wildman–Crippen MR) is 107 cm³/mol. The van der Waals surface area contributed by atoms with E-state index in [2.05, 4.69) is 15.4 Å². The number of ether oxygens (including phenoxy) is 3. The number of aromatic nitrogens is 3. The monoisotopic (exact) mass is 384 g/mol. The molecular weight excluding hydrogens is 360 g/mol. The van der Waals surface area contributed by atoms with Crippen LogP contribution < -0.4 is 19.5 Å². The number of carbonyl (C=O) groups excluding carboxylic acids is 1. The van der Waals surface area contributed by atoms with Crippen LogP contribution in [-0.2, 0) is 0 Å². The summed E-state index contributed by atoms with van der Waals surface area (Å²) in [5.74, 6) is 1.11. The van der Waals surface area contributed by atoms with Crippen LogP contribution in [0.2, 0.25) is 0 Å². The van der Waals surface area contributed by atoms with E-state index in [9.17, 15) is 4.79 Å². The lowest BCUT2D eigenvalue weighted by Gasteiger charge is -2.15. The Morgan fingerprint density at radius 2 is 1.71 bits per heavy atom. The number of hydrogen-bond acceptors (Lipinski definition) is 6. The molecular formula is C20H24N4O4. The van der Waals surface area contributed by atoms with E-state index >= 15 is 0 Å². The van der Waals surface area contributed by atoms with Crippen LogP contribution in [-0.4, -0.2) is 42.0 Å². The first-order valence-corrected chi connectivity index (χ1v) is 8.85. The van der Waals surface area contributed by atoms with Crippen molar-refractivity contribution in [1.82, 2.24) is 14.8 Å². The number of methoxy groups -OCH3 is 3. The first kappa shape index (κ1) is 19.5. The summed E-state index contributed by atoms with van der Waals surface area (Å²) in [4.78, 5) is 17.6. The summed E-state index contributed by atoms with van der Waals surface area (Å²) in [5, 5.41) is 7.98. The van der Waals surface area contributed by atoms with Gasteiger partial charge in [-0.05, 0) is 26.8 Å². The zero-order valence-corrected chi connectivity index (χ0v) is 16.9. The highest BCUT2D eigenvalue weighted by Crippen LogP contribution is 2.40. The molecule has 0 atom stereocenters. The highest BCUT2D eigenvalue weighted by atomic mass is 16.5. The molecule has 28 heavy (non-hydrogen) atoms. The SMILES string of the molecule is COc1cc(NC(=O)c2cc(C)nc3c2cnn3C(C)C)cc(OC)c1OC. The van der Waals surface area contributed by atoms with Crippen molar-refractivity contribution in [2.45, 2.75) is 26.8 Å². The Morgan fingerprint density at radius 1 is 1.07 bits per heavy atom. The highest BCUT2D eigenvalue weighted by Gasteiger charge is 2.19. The zero-order chi connectivity index (χ0) is 20.4. The lowest BCUT2D eigenvalue weighted by Crippen LogP contribution is -2.14. The summed E-state index contributed by atoms with van der Waals surface area (Å²) in [7, 11) is 4.58. The number of carbonyl (C=O) groups is 1. The minimum atomic E-state index is -0.270. The number of anilines is 1. The summed E-state index contributed by atoms with van der Waals surface area (Å²) < 4.78 is 17.8. The first-order valence-electron chi connectivity index (χ1n) is 8.85. The van der Waals surface area contributed by atoms with E-state index < -0.39 is 0 Å². The van der Waals surface area contributed by atoms with Gasteiger partial charge in [-0.15, -0.1) is 0 Å². The lowest BCUT2D eigenvalue weighted by atomic mass is 10.1. The second-order valence-electron chi connectivity index (χ2n) is 6.60. The van der Waals surface area contributed by atoms with Gasteiger partial charge in [0.1, 0.15) is 0 Å². The molecule has 3 rings (SSSR count). The predicted octanol–water partition coefficient (Wildman–Crippen LogP) is 3.60. The van der Waals surface area contributed by atoms with E-state index in [-0.39, 0.29) is 11.9 Å². The lowest BCUT2D eigenvalue weighted by molar-refractivity contribution is 0.102. The smallest absolute Gasteiger partial charge is 0.256 e. The molecule has 1 amide bonds. The van der Waals surface area contributed by atoms with Gasteiger partial charge in [0.15, 0.2) is 17.1 Å². The summed E-state index contributed by atoms with van der Waals surface area (Å²) in [6.07, 6.45) is 1.67. The molecule has 8 nitrogen and oxygen atoms in total. The minimum absolute atomic E-state index is 0.137. The van der Waals surface area contributed by atoms with E-state index in [1.54, 1.807) is 29.1 Å². The molecule has 0 radical (unpaired) electrons. The second kappa shape index (κ2) is 7.75. The molecule has 8 heteroatoms. The molecule has 0 fully saturated rings. The number of rotatable bonds is 6. The van der Waals surface area contributed by atoms with Crippen LogP contribution in [0.5, 0.6) is 17.2 Å². The summed E-state index contributed by atoms with van der Waals surface area (Å²) in [5.41, 5.74) is 2.46. The van der Waals surface area contributed by atoms with Gasteiger partial charge in [0.25, 0.3) is 5.91 Å². The molecule has 3 aromatic rings. The average Bonchev–Trinajstić information content (AvgIpc) is 3.10. The van der Waals surface area contributed by atoms with Crippen LogP contribution in [0.25, 0.3) is 11.0 Å². The van der Waals surface area contributed by atoms with E-state index in [1.807, 2.05) is 20.8 Å². The Balaban J connectivity index is 2.02. The number of nitrogens with zero attached hydrogens (tertiary/aromatic N) is 3. The average molecular weight is 384 g/mol. The van der Waals surface area contributed by atoms with Gasteiger partial charge in [-0.1, -0.05) is 0 Å². The summed E-state index contributed by atoms with van der Waals surface area (Å²) >= 11 is 0. The molecule has 0 saturated heterocycles. The van der Waals surface area contributed by atoms with Crippen molar-refractivity contribution in [3.8, 4) is 17.2 Å². The highest BCUT2D eigenvalue weighted by molar-refractivity contribution is 6.12. The Labute approximate surface area is 163 Å². The van der Waals surface area contributed by atoms with Crippen LogP contribution in [0.4, 0.5) is 5.69 Å². The number of fused-ring (bicyclic) bond motifs is 1. The van der Waals surface area contributed by atoms with Crippen LogP contribution in [0.15, 0.2) is 24.4 Å². The van der Waals surface area contributed by atoms with Gasteiger partial charge in [0, 0.05) is 29.6 Å². The largest absolute Gasteiger partial charge is 0.493 e. The Hall–Kier alpha value is -3.29. The normalized spacial score (nSPS) is 11.0. The van der Waals surface area contributed by atoms with Crippen molar-refractivity contribution in [2.75, 3.05) is 26.6 Å². The summed E-state index contributed by atoms with van der Waals surface area (Å²) in [6, 6.07) is 5.25. The molecule has 2 aromatic heterocycles. The van der Waals surface area contributed by atoms with Crippen LogP contribution in [0.1, 0.15) is 35.9 Å². The Kier molecular flexibility index (Phi) is 5.39. The van der Waals surface area contributed by atoms with Gasteiger partial charge in [-0.3, -0.25) is 4.79 Å². The molecule has 0 spiro atoms. The molecule has 148 valence electrons. The number of nitrogens with one attached hydrogen (secondary N) is 1. The van der Waals surface area contributed by atoms with Gasteiger partial charge >= 0.3 is 0 Å². The molecule has 2 heterocycles. The fourth-order valence-electron chi connectivity index (χ4n) is 3.06. The van der Waals surface area contributed by atoms with Gasteiger partial charge in [-0.25, -0.2) is 9.67 Å². The van der Waals surface area contributed by atoms with Crippen molar-refractivity contribution < 1.29 is 19.0 Å². The van der Waals surface area contributed by atoms with Crippen LogP contribution >= 0.6 is 0 Å². The number of aryl methyl sites for hydroxylation is 1. The van der Waals surface area contributed by atoms with Crippen molar-refractivity contribution in [2.24, 2.45) is 0 Å².